The van der Waals surface area contributed by atoms with Crippen LogP contribution < -0.4 is 4.74 Å². The summed E-state index contributed by atoms with van der Waals surface area (Å²) in [7, 11) is 0. The number of rotatable bonds is 4. The molecule has 4 heteroatoms. The number of Topliss-reactive ketones (excluding diaryl/α,β-unsaturated/α-hetero) is 2. The van der Waals surface area contributed by atoms with Crippen LogP contribution in [0.5, 0.6) is 11.5 Å². The SMILES string of the molecule is CCc1ccc(Oc2ccc(Br)cc2)cc1C1C(=O)CCC1=O. The quantitative estimate of drug-likeness (QED) is 0.722. The Morgan fingerprint density at radius 1 is 1.00 bits per heavy atom. The molecule has 0 saturated heterocycles. The van der Waals surface area contributed by atoms with Gasteiger partial charge in [0.2, 0.25) is 0 Å². The van der Waals surface area contributed by atoms with Gasteiger partial charge < -0.3 is 4.74 Å². The number of carbonyl (C=O) groups is 2. The van der Waals surface area contributed by atoms with Gasteiger partial charge in [0.25, 0.3) is 0 Å². The summed E-state index contributed by atoms with van der Waals surface area (Å²) in [6.07, 6.45) is 1.49. The van der Waals surface area contributed by atoms with Gasteiger partial charge in [-0.25, -0.2) is 0 Å². The van der Waals surface area contributed by atoms with Crippen molar-refractivity contribution < 1.29 is 14.3 Å². The highest BCUT2D eigenvalue weighted by Gasteiger charge is 2.35. The van der Waals surface area contributed by atoms with Gasteiger partial charge in [-0.2, -0.15) is 0 Å². The molecule has 1 aliphatic carbocycles. The molecular formula is C19H17BrO3. The van der Waals surface area contributed by atoms with E-state index in [1.165, 1.54) is 0 Å². The topological polar surface area (TPSA) is 43.4 Å². The van der Waals surface area contributed by atoms with Gasteiger partial charge in [-0.1, -0.05) is 28.9 Å². The average Bonchev–Trinajstić information content (AvgIpc) is 2.88. The number of carbonyl (C=O) groups excluding carboxylic acids is 2. The first kappa shape index (κ1) is 15.9. The van der Waals surface area contributed by atoms with Crippen molar-refractivity contribution in [2.75, 3.05) is 0 Å². The van der Waals surface area contributed by atoms with E-state index in [9.17, 15) is 9.59 Å². The minimum Gasteiger partial charge on any atom is -0.457 e. The average molecular weight is 373 g/mol. The maximum Gasteiger partial charge on any atom is 0.148 e. The van der Waals surface area contributed by atoms with Crippen molar-refractivity contribution in [1.82, 2.24) is 0 Å². The lowest BCUT2D eigenvalue weighted by molar-refractivity contribution is -0.123. The predicted octanol–water partition coefficient (Wildman–Crippen LogP) is 4.82. The van der Waals surface area contributed by atoms with Gasteiger partial charge in [0.05, 0.1) is 0 Å². The van der Waals surface area contributed by atoms with E-state index in [4.69, 9.17) is 4.74 Å². The Balaban J connectivity index is 1.94. The predicted molar refractivity (Wildman–Crippen MR) is 92.0 cm³/mol. The fourth-order valence-electron chi connectivity index (χ4n) is 2.93. The minimum atomic E-state index is -0.613. The molecule has 0 unspecified atom stereocenters. The van der Waals surface area contributed by atoms with Crippen LogP contribution in [0.2, 0.25) is 0 Å². The molecule has 118 valence electrons. The Hall–Kier alpha value is -1.94. The third-order valence-electron chi connectivity index (χ3n) is 4.12. The van der Waals surface area contributed by atoms with Crippen LogP contribution in [-0.4, -0.2) is 11.6 Å². The van der Waals surface area contributed by atoms with Gasteiger partial charge in [-0.15, -0.1) is 0 Å². The second-order valence-electron chi connectivity index (χ2n) is 5.64. The number of benzene rings is 2. The highest BCUT2D eigenvalue weighted by molar-refractivity contribution is 9.10. The number of halogens is 1. The second-order valence-corrected chi connectivity index (χ2v) is 6.55. The first-order chi connectivity index (χ1) is 11.1. The van der Waals surface area contributed by atoms with E-state index < -0.39 is 5.92 Å². The van der Waals surface area contributed by atoms with E-state index in [0.29, 0.717) is 24.3 Å². The number of hydrogen-bond acceptors (Lipinski definition) is 3. The first-order valence-electron chi connectivity index (χ1n) is 7.70. The molecule has 1 saturated carbocycles. The fraction of sp³-hybridized carbons (Fsp3) is 0.263. The Kier molecular flexibility index (Phi) is 4.62. The normalized spacial score (nSPS) is 15.2. The first-order valence-corrected chi connectivity index (χ1v) is 8.49. The van der Waals surface area contributed by atoms with Crippen LogP contribution in [0.1, 0.15) is 36.8 Å². The van der Waals surface area contributed by atoms with Gasteiger partial charge in [-0.3, -0.25) is 9.59 Å². The van der Waals surface area contributed by atoms with Crippen molar-refractivity contribution in [3.63, 3.8) is 0 Å². The van der Waals surface area contributed by atoms with Gasteiger partial charge >= 0.3 is 0 Å². The molecule has 1 fully saturated rings. The number of ketones is 2. The van der Waals surface area contributed by atoms with Crippen molar-refractivity contribution in [3.05, 3.63) is 58.1 Å². The van der Waals surface area contributed by atoms with E-state index in [2.05, 4.69) is 15.9 Å². The van der Waals surface area contributed by atoms with Crippen LogP contribution in [0.15, 0.2) is 46.9 Å². The molecule has 0 aliphatic heterocycles. The zero-order chi connectivity index (χ0) is 16.4. The molecule has 0 amide bonds. The van der Waals surface area contributed by atoms with E-state index in [1.54, 1.807) is 0 Å². The van der Waals surface area contributed by atoms with E-state index in [1.807, 2.05) is 49.4 Å². The van der Waals surface area contributed by atoms with E-state index in [0.717, 1.165) is 22.0 Å². The Bertz CT molecular complexity index is 734. The highest BCUT2D eigenvalue weighted by atomic mass is 79.9. The van der Waals surface area contributed by atoms with Crippen molar-refractivity contribution in [1.29, 1.82) is 0 Å². The molecule has 2 aromatic carbocycles. The molecule has 3 rings (SSSR count). The van der Waals surface area contributed by atoms with Crippen molar-refractivity contribution in [2.45, 2.75) is 32.1 Å². The van der Waals surface area contributed by atoms with Crippen molar-refractivity contribution >= 4 is 27.5 Å². The van der Waals surface area contributed by atoms with Crippen LogP contribution in [-0.2, 0) is 16.0 Å². The largest absolute Gasteiger partial charge is 0.457 e. The van der Waals surface area contributed by atoms with Gasteiger partial charge in [0, 0.05) is 17.3 Å². The lowest BCUT2D eigenvalue weighted by Crippen LogP contribution is -2.14. The molecule has 0 aromatic heterocycles. The Morgan fingerprint density at radius 3 is 2.22 bits per heavy atom. The zero-order valence-electron chi connectivity index (χ0n) is 12.8. The molecule has 0 heterocycles. The lowest BCUT2D eigenvalue weighted by Gasteiger charge is -2.15. The summed E-state index contributed by atoms with van der Waals surface area (Å²) in [6.45, 7) is 2.03. The summed E-state index contributed by atoms with van der Waals surface area (Å²) in [5.74, 6) is 0.786. The zero-order valence-corrected chi connectivity index (χ0v) is 14.4. The standard InChI is InChI=1S/C19H17BrO3/c1-2-12-3-6-15(23-14-7-4-13(20)5-8-14)11-16(12)19-17(21)9-10-18(19)22/h3-8,11,19H,2,9-10H2,1H3. The summed E-state index contributed by atoms with van der Waals surface area (Å²) in [4.78, 5) is 24.2. The van der Waals surface area contributed by atoms with Crippen molar-refractivity contribution in [2.24, 2.45) is 0 Å². The van der Waals surface area contributed by atoms with Gasteiger partial charge in [0.15, 0.2) is 0 Å². The summed E-state index contributed by atoms with van der Waals surface area (Å²) in [5.41, 5.74) is 1.83. The third-order valence-corrected chi connectivity index (χ3v) is 4.65. The van der Waals surface area contributed by atoms with Crippen molar-refractivity contribution in [3.8, 4) is 11.5 Å². The number of hydrogen-bond donors (Lipinski definition) is 0. The smallest absolute Gasteiger partial charge is 0.148 e. The van der Waals surface area contributed by atoms with Crippen LogP contribution in [0, 0.1) is 0 Å². The molecule has 2 aromatic rings. The van der Waals surface area contributed by atoms with E-state index >= 15 is 0 Å². The molecule has 23 heavy (non-hydrogen) atoms. The summed E-state index contributed by atoms with van der Waals surface area (Å²) >= 11 is 3.39. The van der Waals surface area contributed by atoms with Crippen LogP contribution in [0.3, 0.4) is 0 Å². The second kappa shape index (κ2) is 6.67. The molecule has 1 aliphatic rings. The molecule has 3 nitrogen and oxygen atoms in total. The maximum atomic E-state index is 12.1. The Morgan fingerprint density at radius 2 is 1.61 bits per heavy atom. The number of ether oxygens (including phenoxy) is 1. The third kappa shape index (κ3) is 3.37. The monoisotopic (exact) mass is 372 g/mol. The Labute approximate surface area is 143 Å². The fourth-order valence-corrected chi connectivity index (χ4v) is 3.19. The van der Waals surface area contributed by atoms with Gasteiger partial charge in [0.1, 0.15) is 29.0 Å². The molecule has 0 radical (unpaired) electrons. The molecule has 0 bridgehead atoms. The minimum absolute atomic E-state index is 0.0190. The number of aryl methyl sites for hydroxylation is 1. The highest BCUT2D eigenvalue weighted by Crippen LogP contribution is 2.34. The summed E-state index contributed by atoms with van der Waals surface area (Å²) in [6, 6.07) is 13.2. The summed E-state index contributed by atoms with van der Waals surface area (Å²) < 4.78 is 6.84. The molecule has 0 spiro atoms. The lowest BCUT2D eigenvalue weighted by atomic mass is 9.90. The molecule has 0 atom stereocenters. The molecular weight excluding hydrogens is 356 g/mol. The van der Waals surface area contributed by atoms with Crippen LogP contribution >= 0.6 is 15.9 Å². The van der Waals surface area contributed by atoms with Crippen LogP contribution in [0.25, 0.3) is 0 Å². The summed E-state index contributed by atoms with van der Waals surface area (Å²) in [5, 5.41) is 0. The van der Waals surface area contributed by atoms with Gasteiger partial charge in [-0.05, 0) is 53.9 Å². The molecule has 0 N–H and O–H groups in total. The maximum absolute atomic E-state index is 12.1. The van der Waals surface area contributed by atoms with Crippen LogP contribution in [0.4, 0.5) is 0 Å². The van der Waals surface area contributed by atoms with E-state index in [-0.39, 0.29) is 11.6 Å².